The number of carbonyl (C=O) groups excluding carboxylic acids is 1. The lowest BCUT2D eigenvalue weighted by atomic mass is 9.90. The Balaban J connectivity index is 4.07. The van der Waals surface area contributed by atoms with Crippen molar-refractivity contribution in [2.45, 2.75) is 40.2 Å². The molecule has 0 spiro atoms. The zero-order chi connectivity index (χ0) is 13.6. The number of carbonyl (C=O) groups is 1. The highest BCUT2D eigenvalue weighted by atomic mass is 16.6. The van der Waals surface area contributed by atoms with Crippen LogP contribution in [0.25, 0.3) is 0 Å². The van der Waals surface area contributed by atoms with Crippen molar-refractivity contribution >= 4 is 6.09 Å². The van der Waals surface area contributed by atoms with Crippen LogP contribution in [0.2, 0.25) is 0 Å². The molecule has 0 saturated carbocycles. The molecule has 1 atom stereocenters. The Hall–Kier alpha value is -0.770. The third kappa shape index (κ3) is 6.51. The van der Waals surface area contributed by atoms with E-state index in [1.54, 1.807) is 11.9 Å². The zero-order valence-corrected chi connectivity index (χ0v) is 12.4. The fourth-order valence-corrected chi connectivity index (χ4v) is 1.27. The van der Waals surface area contributed by atoms with Crippen molar-refractivity contribution in [2.24, 2.45) is 5.41 Å². The minimum absolute atomic E-state index is 0.140. The predicted molar refractivity (Wildman–Crippen MR) is 71.2 cm³/mol. The summed E-state index contributed by atoms with van der Waals surface area (Å²) in [5.74, 6) is 0. The molecule has 0 aliphatic heterocycles. The second kappa shape index (κ2) is 6.84. The number of ether oxygens (including phenoxy) is 1. The minimum atomic E-state index is -0.236. The molecule has 4 heteroatoms. The van der Waals surface area contributed by atoms with Gasteiger partial charge in [-0.3, -0.25) is 0 Å². The molecule has 17 heavy (non-hydrogen) atoms. The molecule has 0 saturated heterocycles. The molecule has 0 fully saturated rings. The Labute approximate surface area is 106 Å². The molecule has 0 heterocycles. The Bertz CT molecular complexity index is 240. The van der Waals surface area contributed by atoms with E-state index in [0.29, 0.717) is 6.61 Å². The molecule has 0 bridgehead atoms. The van der Waals surface area contributed by atoms with Crippen molar-refractivity contribution in [3.8, 4) is 0 Å². The van der Waals surface area contributed by atoms with E-state index in [9.17, 15) is 4.79 Å². The van der Waals surface area contributed by atoms with Crippen molar-refractivity contribution in [3.63, 3.8) is 0 Å². The summed E-state index contributed by atoms with van der Waals surface area (Å²) in [6.45, 7) is 9.62. The molecule has 0 aromatic rings. The van der Waals surface area contributed by atoms with E-state index in [0.717, 1.165) is 13.0 Å². The molecular weight excluding hydrogens is 216 g/mol. The van der Waals surface area contributed by atoms with Gasteiger partial charge in [-0.05, 0) is 32.9 Å². The number of rotatable bonds is 6. The first kappa shape index (κ1) is 16.2. The average molecular weight is 244 g/mol. The number of nitrogens with zero attached hydrogens (tertiary/aromatic N) is 2. The lowest BCUT2D eigenvalue weighted by Gasteiger charge is -2.29. The molecule has 102 valence electrons. The predicted octanol–water partition coefficient (Wildman–Crippen LogP) is 2.44. The van der Waals surface area contributed by atoms with Gasteiger partial charge in [0.1, 0.15) is 6.61 Å². The van der Waals surface area contributed by atoms with Crippen LogP contribution in [0.5, 0.6) is 0 Å². The first-order valence-electron chi connectivity index (χ1n) is 6.24. The largest absolute Gasteiger partial charge is 0.448 e. The fraction of sp³-hybridized carbons (Fsp3) is 0.923. The summed E-state index contributed by atoms with van der Waals surface area (Å²) < 4.78 is 5.26. The van der Waals surface area contributed by atoms with Crippen LogP contribution in [0.1, 0.15) is 34.1 Å². The van der Waals surface area contributed by atoms with Crippen molar-refractivity contribution < 1.29 is 9.53 Å². The van der Waals surface area contributed by atoms with Crippen LogP contribution < -0.4 is 0 Å². The summed E-state index contributed by atoms with van der Waals surface area (Å²) in [4.78, 5) is 15.4. The number of hydrogen-bond donors (Lipinski definition) is 0. The van der Waals surface area contributed by atoms with Gasteiger partial charge in [0.15, 0.2) is 0 Å². The molecule has 0 aliphatic rings. The highest BCUT2D eigenvalue weighted by Crippen LogP contribution is 2.20. The van der Waals surface area contributed by atoms with Crippen LogP contribution in [0.15, 0.2) is 0 Å². The zero-order valence-electron chi connectivity index (χ0n) is 12.4. The van der Waals surface area contributed by atoms with Crippen LogP contribution in [-0.2, 0) is 4.74 Å². The van der Waals surface area contributed by atoms with Gasteiger partial charge in [-0.2, -0.15) is 0 Å². The number of amides is 1. The van der Waals surface area contributed by atoms with Crippen molar-refractivity contribution in [2.75, 3.05) is 34.3 Å². The molecule has 0 N–H and O–H groups in total. The minimum Gasteiger partial charge on any atom is -0.448 e. The van der Waals surface area contributed by atoms with Gasteiger partial charge in [0.2, 0.25) is 0 Å². The molecule has 1 amide bonds. The fourth-order valence-electron chi connectivity index (χ4n) is 1.27. The molecule has 0 aromatic carbocycles. The summed E-state index contributed by atoms with van der Waals surface area (Å²) >= 11 is 0. The number of hydrogen-bond acceptors (Lipinski definition) is 3. The van der Waals surface area contributed by atoms with E-state index in [4.69, 9.17) is 4.74 Å². The van der Waals surface area contributed by atoms with E-state index in [-0.39, 0.29) is 17.6 Å². The lowest BCUT2D eigenvalue weighted by molar-refractivity contribution is 0.0769. The molecule has 1 unspecified atom stereocenters. The standard InChI is InChI=1S/C13H28N2O2/c1-8-13(3,4)10-15(7)12(16)17-9-11(2)14(5)6/h11H,8-10H2,1-7H3. The highest BCUT2D eigenvalue weighted by Gasteiger charge is 2.21. The Morgan fingerprint density at radius 2 is 1.82 bits per heavy atom. The number of likely N-dealkylation sites (N-methyl/N-ethyl adjacent to an activating group) is 1. The molecular formula is C13H28N2O2. The van der Waals surface area contributed by atoms with Gasteiger partial charge in [0.05, 0.1) is 0 Å². The van der Waals surface area contributed by atoms with Crippen LogP contribution in [0, 0.1) is 5.41 Å². The van der Waals surface area contributed by atoms with E-state index >= 15 is 0 Å². The van der Waals surface area contributed by atoms with Crippen molar-refractivity contribution in [3.05, 3.63) is 0 Å². The smallest absolute Gasteiger partial charge is 0.409 e. The monoisotopic (exact) mass is 244 g/mol. The highest BCUT2D eigenvalue weighted by molar-refractivity contribution is 5.67. The molecule has 0 aliphatic carbocycles. The molecule has 0 rings (SSSR count). The first-order valence-corrected chi connectivity index (χ1v) is 6.24. The van der Waals surface area contributed by atoms with Gasteiger partial charge in [0.25, 0.3) is 0 Å². The molecule has 0 aromatic heterocycles. The van der Waals surface area contributed by atoms with Crippen LogP contribution >= 0.6 is 0 Å². The summed E-state index contributed by atoms with van der Waals surface area (Å²) in [6.07, 6.45) is 0.804. The van der Waals surface area contributed by atoms with Crippen molar-refractivity contribution in [1.82, 2.24) is 9.80 Å². The summed E-state index contributed by atoms with van der Waals surface area (Å²) in [5.41, 5.74) is 0.140. The van der Waals surface area contributed by atoms with E-state index in [1.807, 2.05) is 25.9 Å². The van der Waals surface area contributed by atoms with Crippen LogP contribution in [0.4, 0.5) is 4.79 Å². The summed E-state index contributed by atoms with van der Waals surface area (Å²) in [7, 11) is 5.74. The molecule has 0 radical (unpaired) electrons. The van der Waals surface area contributed by atoms with Crippen molar-refractivity contribution in [1.29, 1.82) is 0 Å². The summed E-state index contributed by atoms with van der Waals surface area (Å²) in [5, 5.41) is 0. The Morgan fingerprint density at radius 1 is 1.29 bits per heavy atom. The summed E-state index contributed by atoms with van der Waals surface area (Å²) in [6, 6.07) is 0.242. The SMILES string of the molecule is CCC(C)(C)CN(C)C(=O)OCC(C)N(C)C. The quantitative estimate of drug-likeness (QED) is 0.719. The van der Waals surface area contributed by atoms with Crippen LogP contribution in [-0.4, -0.2) is 56.2 Å². The van der Waals surface area contributed by atoms with Gasteiger partial charge in [-0.1, -0.05) is 20.8 Å². The third-order valence-electron chi connectivity index (χ3n) is 3.26. The van der Waals surface area contributed by atoms with E-state index < -0.39 is 0 Å². The average Bonchev–Trinajstić information content (AvgIpc) is 2.24. The first-order chi connectivity index (χ1) is 7.69. The van der Waals surface area contributed by atoms with Crippen LogP contribution in [0.3, 0.4) is 0 Å². The van der Waals surface area contributed by atoms with E-state index in [2.05, 4.69) is 20.8 Å². The van der Waals surface area contributed by atoms with Gasteiger partial charge >= 0.3 is 6.09 Å². The van der Waals surface area contributed by atoms with Gasteiger partial charge in [-0.15, -0.1) is 0 Å². The van der Waals surface area contributed by atoms with Gasteiger partial charge in [0, 0.05) is 19.6 Å². The third-order valence-corrected chi connectivity index (χ3v) is 3.26. The van der Waals surface area contributed by atoms with E-state index in [1.165, 1.54) is 0 Å². The second-order valence-electron chi connectivity index (χ2n) is 5.76. The maximum Gasteiger partial charge on any atom is 0.409 e. The van der Waals surface area contributed by atoms with Gasteiger partial charge < -0.3 is 14.5 Å². The second-order valence-corrected chi connectivity index (χ2v) is 5.76. The lowest BCUT2D eigenvalue weighted by Crippen LogP contribution is -2.38. The normalized spacial score (nSPS) is 13.6. The molecule has 4 nitrogen and oxygen atoms in total. The Kier molecular flexibility index (Phi) is 6.53. The van der Waals surface area contributed by atoms with Gasteiger partial charge in [-0.25, -0.2) is 4.79 Å². The maximum absolute atomic E-state index is 11.7. The topological polar surface area (TPSA) is 32.8 Å². The Morgan fingerprint density at radius 3 is 2.24 bits per heavy atom. The maximum atomic E-state index is 11.7.